The van der Waals surface area contributed by atoms with Gasteiger partial charge in [-0.1, -0.05) is 23.7 Å². The summed E-state index contributed by atoms with van der Waals surface area (Å²) in [5, 5.41) is 0.282. The van der Waals surface area contributed by atoms with E-state index in [4.69, 9.17) is 25.8 Å². The second-order valence-electron chi connectivity index (χ2n) is 7.81. The van der Waals surface area contributed by atoms with E-state index in [1.807, 2.05) is 25.1 Å². The van der Waals surface area contributed by atoms with Gasteiger partial charge in [-0.05, 0) is 107 Å². The van der Waals surface area contributed by atoms with E-state index >= 15 is 0 Å². The van der Waals surface area contributed by atoms with E-state index < -0.39 is 5.91 Å². The monoisotopic (exact) mass is 653 g/mol. The van der Waals surface area contributed by atoms with Crippen molar-refractivity contribution in [3.05, 3.63) is 91.1 Å². The molecule has 0 bridgehead atoms. The van der Waals surface area contributed by atoms with Gasteiger partial charge in [0.05, 0.1) is 21.6 Å². The van der Waals surface area contributed by atoms with Crippen molar-refractivity contribution in [2.24, 2.45) is 0 Å². The molecule has 0 aromatic heterocycles. The van der Waals surface area contributed by atoms with Gasteiger partial charge in [-0.3, -0.25) is 14.5 Å². The predicted molar refractivity (Wildman–Crippen MR) is 151 cm³/mol. The zero-order valence-electron chi connectivity index (χ0n) is 19.7. The Bertz CT molecular complexity index is 1320. The molecule has 6 nitrogen and oxygen atoms in total. The molecular formula is C27H22ClFINO5S. The summed E-state index contributed by atoms with van der Waals surface area (Å²) >= 11 is 8.99. The Labute approximate surface area is 236 Å². The van der Waals surface area contributed by atoms with Crippen LogP contribution in [0.4, 0.5) is 9.18 Å². The third kappa shape index (κ3) is 7.18. The fourth-order valence-electron chi connectivity index (χ4n) is 3.44. The van der Waals surface area contributed by atoms with Crippen molar-refractivity contribution >= 4 is 63.2 Å². The zero-order chi connectivity index (χ0) is 26.4. The number of ether oxygens (including phenoxy) is 3. The van der Waals surface area contributed by atoms with Gasteiger partial charge in [-0.2, -0.15) is 0 Å². The van der Waals surface area contributed by atoms with Crippen LogP contribution in [0.25, 0.3) is 6.08 Å². The Hall–Kier alpha value is -2.76. The molecule has 10 heteroatoms. The first-order valence-electron chi connectivity index (χ1n) is 11.3. The standard InChI is InChI=1S/C27H22ClFINO5S/c1-2-34-23-14-18(13-22(30)25(23)36-16-17-3-5-19(28)6-4-17)15-24-26(32)31(27(33)37-24)11-12-35-21-9-7-20(29)8-10-21/h3-10,13-15H,2,11-12,16H2,1H3/b24-15-. The summed E-state index contributed by atoms with van der Waals surface area (Å²) in [4.78, 5) is 26.8. The van der Waals surface area contributed by atoms with E-state index in [1.165, 1.54) is 24.3 Å². The SMILES string of the molecule is CCOc1cc(/C=C2\SC(=O)N(CCOc3ccc(F)cc3)C2=O)cc(I)c1OCc1ccc(Cl)cc1. The summed E-state index contributed by atoms with van der Waals surface area (Å²) in [5.74, 6) is 0.836. The highest BCUT2D eigenvalue weighted by molar-refractivity contribution is 14.1. The Balaban J connectivity index is 1.45. The lowest BCUT2D eigenvalue weighted by Crippen LogP contribution is -2.32. The molecule has 1 aliphatic heterocycles. The molecule has 0 atom stereocenters. The topological polar surface area (TPSA) is 65.1 Å². The molecule has 1 heterocycles. The smallest absolute Gasteiger partial charge is 0.293 e. The lowest BCUT2D eigenvalue weighted by atomic mass is 10.1. The third-order valence-electron chi connectivity index (χ3n) is 5.20. The van der Waals surface area contributed by atoms with Crippen LogP contribution in [0.5, 0.6) is 17.2 Å². The molecule has 1 fully saturated rings. The second-order valence-corrected chi connectivity index (χ2v) is 10.4. The zero-order valence-corrected chi connectivity index (χ0v) is 23.4. The predicted octanol–water partition coefficient (Wildman–Crippen LogP) is 7.18. The third-order valence-corrected chi connectivity index (χ3v) is 7.16. The van der Waals surface area contributed by atoms with E-state index in [-0.39, 0.29) is 24.2 Å². The number of imide groups is 1. The number of hydrogen-bond acceptors (Lipinski definition) is 6. The van der Waals surface area contributed by atoms with Gasteiger partial charge in [0.25, 0.3) is 11.1 Å². The quantitative estimate of drug-likeness (QED) is 0.171. The van der Waals surface area contributed by atoms with Crippen molar-refractivity contribution < 1.29 is 28.2 Å². The van der Waals surface area contributed by atoms with Crippen LogP contribution in [-0.2, 0) is 11.4 Å². The number of amides is 2. The minimum absolute atomic E-state index is 0.0819. The van der Waals surface area contributed by atoms with E-state index in [0.717, 1.165) is 25.8 Å². The number of benzene rings is 3. The van der Waals surface area contributed by atoms with Gasteiger partial charge in [-0.15, -0.1) is 0 Å². The van der Waals surface area contributed by atoms with Crippen LogP contribution in [0, 0.1) is 9.39 Å². The number of hydrogen-bond donors (Lipinski definition) is 0. The van der Waals surface area contributed by atoms with Crippen LogP contribution >= 0.6 is 46.0 Å². The lowest BCUT2D eigenvalue weighted by molar-refractivity contribution is -0.123. The fraction of sp³-hybridized carbons (Fsp3) is 0.185. The number of rotatable bonds is 10. The van der Waals surface area contributed by atoms with Crippen molar-refractivity contribution in [1.29, 1.82) is 0 Å². The number of carbonyl (C=O) groups excluding carboxylic acids is 2. The Morgan fingerprint density at radius 1 is 1.03 bits per heavy atom. The van der Waals surface area contributed by atoms with Gasteiger partial charge < -0.3 is 14.2 Å². The first kappa shape index (κ1) is 27.3. The van der Waals surface area contributed by atoms with Gasteiger partial charge in [0.2, 0.25) is 0 Å². The van der Waals surface area contributed by atoms with Crippen LogP contribution in [0.3, 0.4) is 0 Å². The van der Waals surface area contributed by atoms with Crippen LogP contribution in [0.2, 0.25) is 5.02 Å². The highest BCUT2D eigenvalue weighted by Gasteiger charge is 2.35. The molecule has 2 amide bonds. The molecule has 1 saturated heterocycles. The van der Waals surface area contributed by atoms with Crippen LogP contribution < -0.4 is 14.2 Å². The number of thioether (sulfide) groups is 1. The summed E-state index contributed by atoms with van der Waals surface area (Å²) in [6.45, 7) is 2.83. The van der Waals surface area contributed by atoms with Gasteiger partial charge in [0.15, 0.2) is 11.5 Å². The molecule has 37 heavy (non-hydrogen) atoms. The fourth-order valence-corrected chi connectivity index (χ4v) is 5.21. The molecule has 0 spiro atoms. The minimum atomic E-state index is -0.395. The summed E-state index contributed by atoms with van der Waals surface area (Å²) in [6, 6.07) is 16.6. The summed E-state index contributed by atoms with van der Waals surface area (Å²) in [7, 11) is 0. The normalized spacial score (nSPS) is 14.4. The highest BCUT2D eigenvalue weighted by atomic mass is 127. The second kappa shape index (κ2) is 12.7. The molecule has 0 N–H and O–H groups in total. The number of halogens is 3. The van der Waals surface area contributed by atoms with Gasteiger partial charge in [-0.25, -0.2) is 4.39 Å². The van der Waals surface area contributed by atoms with E-state index in [2.05, 4.69) is 22.6 Å². The molecule has 192 valence electrons. The molecule has 3 aromatic rings. The average Bonchev–Trinajstić information content (AvgIpc) is 3.13. The molecule has 0 radical (unpaired) electrons. The average molecular weight is 654 g/mol. The maximum absolute atomic E-state index is 13.0. The Morgan fingerprint density at radius 2 is 1.76 bits per heavy atom. The van der Waals surface area contributed by atoms with E-state index in [9.17, 15) is 14.0 Å². The van der Waals surface area contributed by atoms with Crippen LogP contribution in [0.1, 0.15) is 18.1 Å². The van der Waals surface area contributed by atoms with Gasteiger partial charge in [0.1, 0.15) is 24.8 Å². The Morgan fingerprint density at radius 3 is 2.46 bits per heavy atom. The van der Waals surface area contributed by atoms with Crippen LogP contribution in [0.15, 0.2) is 65.6 Å². The van der Waals surface area contributed by atoms with E-state index in [1.54, 1.807) is 24.3 Å². The van der Waals surface area contributed by atoms with Crippen molar-refractivity contribution in [3.8, 4) is 17.2 Å². The largest absolute Gasteiger partial charge is 0.492 e. The number of carbonyl (C=O) groups is 2. The van der Waals surface area contributed by atoms with Crippen molar-refractivity contribution in [2.75, 3.05) is 19.8 Å². The van der Waals surface area contributed by atoms with Gasteiger partial charge in [0, 0.05) is 5.02 Å². The molecule has 0 aliphatic carbocycles. The van der Waals surface area contributed by atoms with Crippen molar-refractivity contribution in [2.45, 2.75) is 13.5 Å². The molecular weight excluding hydrogens is 632 g/mol. The lowest BCUT2D eigenvalue weighted by Gasteiger charge is -2.15. The maximum atomic E-state index is 13.0. The Kier molecular flexibility index (Phi) is 9.33. The maximum Gasteiger partial charge on any atom is 0.293 e. The number of nitrogens with zero attached hydrogens (tertiary/aromatic N) is 1. The molecule has 0 saturated carbocycles. The molecule has 3 aromatic carbocycles. The summed E-state index contributed by atoms with van der Waals surface area (Å²) < 4.78 is 31.2. The molecule has 1 aliphatic rings. The van der Waals surface area contributed by atoms with Crippen LogP contribution in [-0.4, -0.2) is 35.8 Å². The molecule has 0 unspecified atom stereocenters. The summed E-state index contributed by atoms with van der Waals surface area (Å²) in [6.07, 6.45) is 1.67. The highest BCUT2D eigenvalue weighted by Crippen LogP contribution is 2.38. The minimum Gasteiger partial charge on any atom is -0.492 e. The van der Waals surface area contributed by atoms with Crippen molar-refractivity contribution in [3.63, 3.8) is 0 Å². The first-order chi connectivity index (χ1) is 17.8. The van der Waals surface area contributed by atoms with Gasteiger partial charge >= 0.3 is 0 Å². The first-order valence-corrected chi connectivity index (χ1v) is 13.6. The summed E-state index contributed by atoms with van der Waals surface area (Å²) in [5.41, 5.74) is 1.67. The van der Waals surface area contributed by atoms with Crippen molar-refractivity contribution in [1.82, 2.24) is 4.90 Å². The van der Waals surface area contributed by atoms with E-state index in [0.29, 0.717) is 46.0 Å². The molecule has 4 rings (SSSR count).